The number of anilines is 3. The van der Waals surface area contributed by atoms with E-state index in [4.69, 9.17) is 4.74 Å². The first kappa shape index (κ1) is 29.1. The molecule has 1 aliphatic heterocycles. The van der Waals surface area contributed by atoms with Gasteiger partial charge < -0.3 is 35.2 Å². The fourth-order valence-electron chi connectivity index (χ4n) is 4.13. The van der Waals surface area contributed by atoms with Gasteiger partial charge >= 0.3 is 12.1 Å². The number of hydrogen-bond acceptors (Lipinski definition) is 10. The monoisotopic (exact) mass is 562 g/mol. The van der Waals surface area contributed by atoms with Crippen molar-refractivity contribution in [3.63, 3.8) is 0 Å². The van der Waals surface area contributed by atoms with Crippen molar-refractivity contribution in [2.45, 2.75) is 25.9 Å². The Hall–Kier alpha value is -4.94. The molecule has 0 radical (unpaired) electrons. The fraction of sp³-hybridized carbons (Fsp3) is 0.357. The Morgan fingerprint density at radius 3 is 2.20 bits per heavy atom. The van der Waals surface area contributed by atoms with Crippen LogP contribution in [0.3, 0.4) is 0 Å². The summed E-state index contributed by atoms with van der Waals surface area (Å²) in [5.74, 6) is 0.0888. The van der Waals surface area contributed by atoms with E-state index in [1.807, 2.05) is 35.2 Å². The van der Waals surface area contributed by atoms with Crippen LogP contribution in [0.15, 0.2) is 54.6 Å². The van der Waals surface area contributed by atoms with Crippen molar-refractivity contribution < 1.29 is 24.2 Å². The second kappa shape index (κ2) is 13.4. The van der Waals surface area contributed by atoms with Crippen LogP contribution >= 0.6 is 0 Å². The van der Waals surface area contributed by atoms with E-state index in [9.17, 15) is 19.5 Å². The van der Waals surface area contributed by atoms with Gasteiger partial charge in [0.1, 0.15) is 11.8 Å². The third kappa shape index (κ3) is 8.27. The number of amides is 2. The first-order chi connectivity index (χ1) is 19.7. The van der Waals surface area contributed by atoms with Gasteiger partial charge in [-0.2, -0.15) is 15.0 Å². The van der Waals surface area contributed by atoms with Gasteiger partial charge in [-0.15, -0.1) is 0 Å². The number of hydrogen-bond donors (Lipinski definition) is 3. The average Bonchev–Trinajstić information content (AvgIpc) is 2.97. The van der Waals surface area contributed by atoms with E-state index in [1.54, 1.807) is 50.2 Å². The van der Waals surface area contributed by atoms with Gasteiger partial charge in [-0.05, 0) is 23.3 Å². The van der Waals surface area contributed by atoms with Crippen LogP contribution in [0.25, 0.3) is 0 Å². The quantitative estimate of drug-likeness (QED) is 0.334. The molecule has 3 aromatic rings. The van der Waals surface area contributed by atoms with Gasteiger partial charge in [0.2, 0.25) is 23.8 Å². The van der Waals surface area contributed by atoms with Crippen molar-refractivity contribution >= 4 is 35.8 Å². The van der Waals surface area contributed by atoms with Gasteiger partial charge in [-0.25, -0.2) is 9.59 Å². The lowest BCUT2D eigenvalue weighted by atomic mass is 10.1. The molecule has 13 heteroatoms. The van der Waals surface area contributed by atoms with Gasteiger partial charge in [-0.1, -0.05) is 42.5 Å². The van der Waals surface area contributed by atoms with Gasteiger partial charge in [0, 0.05) is 60.2 Å². The largest absolute Gasteiger partial charge is 0.480 e. The van der Waals surface area contributed by atoms with Gasteiger partial charge in [0.25, 0.3) is 0 Å². The number of carboxylic acid groups (broad SMARTS) is 1. The van der Waals surface area contributed by atoms with Crippen LogP contribution in [-0.4, -0.2) is 94.1 Å². The van der Waals surface area contributed by atoms with Crippen LogP contribution in [0.5, 0.6) is 5.75 Å². The summed E-state index contributed by atoms with van der Waals surface area (Å²) in [6.07, 6.45) is -0.379. The Labute approximate surface area is 238 Å². The van der Waals surface area contributed by atoms with Crippen LogP contribution in [0.2, 0.25) is 0 Å². The van der Waals surface area contributed by atoms with E-state index in [1.165, 1.54) is 4.90 Å². The highest BCUT2D eigenvalue weighted by molar-refractivity contribution is 5.77. The number of aromatic nitrogens is 3. The molecule has 41 heavy (non-hydrogen) atoms. The summed E-state index contributed by atoms with van der Waals surface area (Å²) in [6.45, 7) is 4.15. The number of nitrogens with one attached hydrogen (secondary N) is 2. The van der Waals surface area contributed by atoms with E-state index >= 15 is 0 Å². The lowest BCUT2D eigenvalue weighted by Crippen LogP contribution is -2.48. The van der Waals surface area contributed by atoms with Crippen molar-refractivity contribution in [2.75, 3.05) is 55.8 Å². The predicted molar refractivity (Wildman–Crippen MR) is 153 cm³/mol. The molecule has 1 aliphatic rings. The normalized spacial score (nSPS) is 13.7. The molecule has 2 heterocycles. The molecule has 0 spiro atoms. The van der Waals surface area contributed by atoms with Crippen molar-refractivity contribution in [1.29, 1.82) is 0 Å². The molecule has 1 aromatic heterocycles. The number of carbonyl (C=O) groups is 3. The summed E-state index contributed by atoms with van der Waals surface area (Å²) in [7, 11) is 3.17. The number of aliphatic carboxylic acids is 1. The lowest BCUT2D eigenvalue weighted by Gasteiger charge is -2.34. The Kier molecular flexibility index (Phi) is 9.51. The molecule has 0 bridgehead atoms. The first-order valence-electron chi connectivity index (χ1n) is 13.2. The highest BCUT2D eigenvalue weighted by Gasteiger charge is 2.24. The number of nitrogens with zero attached hydrogens (tertiary/aromatic N) is 6. The molecule has 1 atom stereocenters. The number of carbonyl (C=O) groups excluding carboxylic acids is 2. The summed E-state index contributed by atoms with van der Waals surface area (Å²) in [4.78, 5) is 54.3. The first-order valence-corrected chi connectivity index (χ1v) is 13.2. The van der Waals surface area contributed by atoms with E-state index in [0.717, 1.165) is 5.56 Å². The van der Waals surface area contributed by atoms with Crippen molar-refractivity contribution in [2.24, 2.45) is 0 Å². The Morgan fingerprint density at radius 2 is 1.59 bits per heavy atom. The summed E-state index contributed by atoms with van der Waals surface area (Å²) < 4.78 is 5.23. The van der Waals surface area contributed by atoms with Crippen LogP contribution in [-0.2, 0) is 22.6 Å². The van der Waals surface area contributed by atoms with Crippen LogP contribution in [0, 0.1) is 0 Å². The average molecular weight is 563 g/mol. The summed E-state index contributed by atoms with van der Waals surface area (Å²) in [5, 5.41) is 16.1. The van der Waals surface area contributed by atoms with Crippen LogP contribution in [0.1, 0.15) is 18.1 Å². The molecule has 1 fully saturated rings. The number of carboxylic acids is 1. The maximum Gasteiger partial charge on any atom is 0.414 e. The minimum atomic E-state index is -1.08. The maximum absolute atomic E-state index is 12.2. The molecule has 0 unspecified atom stereocenters. The zero-order valence-corrected chi connectivity index (χ0v) is 23.3. The standard InChI is InChI=1S/C28H34N8O5/c1-19(37)35-13-15-36(16-14-35)27-32-25(29-18-21-7-5-4-6-8-21)31-26(33-27)30-23(24(38)39)17-20-9-11-22(12-10-20)41-28(40)34(2)3/h4-12,23H,13-18H2,1-3H3,(H,38,39)(H2,29,30,31,32,33)/t23-/m0/s1. The molecule has 2 aromatic carbocycles. The third-order valence-corrected chi connectivity index (χ3v) is 6.46. The van der Waals surface area contributed by atoms with Crippen LogP contribution < -0.4 is 20.3 Å². The third-order valence-electron chi connectivity index (χ3n) is 6.46. The Morgan fingerprint density at radius 1 is 0.927 bits per heavy atom. The number of piperazine rings is 1. The van der Waals surface area contributed by atoms with Crippen molar-refractivity contribution in [3.05, 3.63) is 65.7 Å². The molecule has 1 saturated heterocycles. The Balaban J connectivity index is 1.51. The second-order valence-electron chi connectivity index (χ2n) is 9.76. The predicted octanol–water partition coefficient (Wildman–Crippen LogP) is 2.32. The minimum Gasteiger partial charge on any atom is -0.480 e. The second-order valence-corrected chi connectivity index (χ2v) is 9.76. The maximum atomic E-state index is 12.2. The number of benzene rings is 2. The molecule has 13 nitrogen and oxygen atoms in total. The highest BCUT2D eigenvalue weighted by atomic mass is 16.6. The van der Waals surface area contributed by atoms with Gasteiger partial charge in [-0.3, -0.25) is 4.79 Å². The number of ether oxygens (including phenoxy) is 1. The van der Waals surface area contributed by atoms with E-state index in [0.29, 0.717) is 55.9 Å². The SMILES string of the molecule is CC(=O)N1CCN(c2nc(NCc3ccccc3)nc(N[C@@H](Cc3ccc(OC(=O)N(C)C)cc3)C(=O)O)n2)CC1. The molecule has 216 valence electrons. The van der Waals surface area contributed by atoms with Crippen molar-refractivity contribution in [1.82, 2.24) is 24.8 Å². The summed E-state index contributed by atoms with van der Waals surface area (Å²) in [6, 6.07) is 15.4. The van der Waals surface area contributed by atoms with Gasteiger partial charge in [0.15, 0.2) is 0 Å². The Bertz CT molecular complexity index is 1350. The molecule has 0 saturated carbocycles. The van der Waals surface area contributed by atoms with E-state index in [2.05, 4.69) is 25.6 Å². The lowest BCUT2D eigenvalue weighted by molar-refractivity contribution is -0.138. The summed E-state index contributed by atoms with van der Waals surface area (Å²) in [5.41, 5.74) is 1.74. The number of rotatable bonds is 10. The molecule has 3 N–H and O–H groups in total. The smallest absolute Gasteiger partial charge is 0.414 e. The molecular weight excluding hydrogens is 528 g/mol. The molecule has 2 amide bonds. The highest BCUT2D eigenvalue weighted by Crippen LogP contribution is 2.19. The summed E-state index contributed by atoms with van der Waals surface area (Å²) >= 11 is 0. The fourth-order valence-corrected chi connectivity index (χ4v) is 4.13. The topological polar surface area (TPSA) is 153 Å². The zero-order valence-electron chi connectivity index (χ0n) is 23.3. The van der Waals surface area contributed by atoms with Crippen LogP contribution in [0.4, 0.5) is 22.6 Å². The zero-order chi connectivity index (χ0) is 29.4. The minimum absolute atomic E-state index is 0.0149. The van der Waals surface area contributed by atoms with Crippen molar-refractivity contribution in [3.8, 4) is 5.75 Å². The molecule has 4 rings (SSSR count). The molecule has 0 aliphatic carbocycles. The molecular formula is C28H34N8O5. The van der Waals surface area contributed by atoms with Gasteiger partial charge in [0.05, 0.1) is 0 Å². The van der Waals surface area contributed by atoms with E-state index in [-0.39, 0.29) is 18.3 Å². The van der Waals surface area contributed by atoms with E-state index < -0.39 is 18.1 Å².